The Balaban J connectivity index is 1.62. The van der Waals surface area contributed by atoms with Crippen LogP contribution in [0.3, 0.4) is 0 Å². The van der Waals surface area contributed by atoms with Gasteiger partial charge in [0.1, 0.15) is 17.2 Å². The van der Waals surface area contributed by atoms with E-state index < -0.39 is 35.4 Å². The number of benzene rings is 1. The van der Waals surface area contributed by atoms with Crippen molar-refractivity contribution in [3.8, 4) is 6.07 Å². The number of fused-ring (bicyclic) bond motifs is 1. The van der Waals surface area contributed by atoms with E-state index >= 15 is 8.78 Å². The van der Waals surface area contributed by atoms with Gasteiger partial charge in [0.2, 0.25) is 0 Å². The molecule has 208 valence electrons. The SMILES string of the molecule is CN(C)c1nn(C)c2c(F)cc(Nc3nc(N[C@@H]4CCOC[C@@H]4NC(=O)OC(C)(C)C)c(F)cc3C#N)cc12. The van der Waals surface area contributed by atoms with Crippen LogP contribution in [0, 0.1) is 23.0 Å². The first-order valence-electron chi connectivity index (χ1n) is 12.4. The fourth-order valence-electron chi connectivity index (χ4n) is 4.34. The predicted molar refractivity (Wildman–Crippen MR) is 143 cm³/mol. The maximum absolute atomic E-state index is 15.0. The highest BCUT2D eigenvalue weighted by atomic mass is 19.1. The molecule has 1 saturated heterocycles. The zero-order valence-corrected chi connectivity index (χ0v) is 22.7. The molecule has 1 aliphatic rings. The number of carbonyl (C=O) groups excluding carboxylic acids is 1. The number of nitriles is 1. The number of hydrogen-bond donors (Lipinski definition) is 3. The van der Waals surface area contributed by atoms with Crippen molar-refractivity contribution >= 4 is 40.1 Å². The lowest BCUT2D eigenvalue weighted by atomic mass is 10.0. The molecule has 3 aromatic rings. The Morgan fingerprint density at radius 2 is 1.95 bits per heavy atom. The standard InChI is InChI=1S/C26H32F2N8O3/c1-26(2,3)39-25(37)32-20-13-38-8-7-19(20)31-23-18(28)9-14(12-29)22(33-23)30-15-10-16-21(17(27)11-15)36(6)34-24(16)35(4)5/h9-11,19-20H,7-8,13H2,1-6H3,(H,32,37)(H2,30,31,33)/t19-,20+/m1/s1. The van der Waals surface area contributed by atoms with E-state index in [4.69, 9.17) is 9.47 Å². The number of nitrogens with zero attached hydrogens (tertiary/aromatic N) is 5. The van der Waals surface area contributed by atoms with Crippen LogP contribution in [-0.2, 0) is 16.5 Å². The van der Waals surface area contributed by atoms with E-state index in [0.717, 1.165) is 6.07 Å². The van der Waals surface area contributed by atoms with E-state index in [1.54, 1.807) is 52.9 Å². The quantitative estimate of drug-likeness (QED) is 0.423. The Morgan fingerprint density at radius 3 is 2.62 bits per heavy atom. The zero-order chi connectivity index (χ0) is 28.5. The zero-order valence-electron chi connectivity index (χ0n) is 22.7. The van der Waals surface area contributed by atoms with Crippen LogP contribution in [0.2, 0.25) is 0 Å². The highest BCUT2D eigenvalue weighted by Crippen LogP contribution is 2.32. The lowest BCUT2D eigenvalue weighted by Crippen LogP contribution is -2.53. The third kappa shape index (κ3) is 6.28. The fraction of sp³-hybridized carbons (Fsp3) is 0.462. The number of aromatic nitrogens is 3. The van der Waals surface area contributed by atoms with Crippen molar-refractivity contribution < 1.29 is 23.0 Å². The largest absolute Gasteiger partial charge is 0.444 e. The second-order valence-electron chi connectivity index (χ2n) is 10.5. The summed E-state index contributed by atoms with van der Waals surface area (Å²) in [7, 11) is 5.25. The highest BCUT2D eigenvalue weighted by Gasteiger charge is 2.30. The van der Waals surface area contributed by atoms with Gasteiger partial charge in [-0.15, -0.1) is 0 Å². The molecule has 1 fully saturated rings. The van der Waals surface area contributed by atoms with Gasteiger partial charge in [0.25, 0.3) is 0 Å². The van der Waals surface area contributed by atoms with Gasteiger partial charge in [-0.25, -0.2) is 18.6 Å². The van der Waals surface area contributed by atoms with Gasteiger partial charge in [0, 0.05) is 38.8 Å². The minimum absolute atomic E-state index is 0.0409. The molecule has 1 amide bonds. The molecule has 2 atom stereocenters. The Morgan fingerprint density at radius 1 is 1.21 bits per heavy atom. The molecule has 0 saturated carbocycles. The number of nitrogens with one attached hydrogen (secondary N) is 3. The number of amides is 1. The van der Waals surface area contributed by atoms with Crippen molar-refractivity contribution in [1.82, 2.24) is 20.1 Å². The molecular weight excluding hydrogens is 510 g/mol. The summed E-state index contributed by atoms with van der Waals surface area (Å²) in [6, 6.07) is 4.99. The lowest BCUT2D eigenvalue weighted by Gasteiger charge is -2.33. The molecule has 1 aromatic carbocycles. The molecule has 4 rings (SSSR count). The number of rotatable bonds is 6. The summed E-state index contributed by atoms with van der Waals surface area (Å²) in [5.41, 5.74) is -0.112. The maximum Gasteiger partial charge on any atom is 0.408 e. The number of aryl methyl sites for hydroxylation is 1. The van der Waals surface area contributed by atoms with Crippen LogP contribution in [-0.4, -0.2) is 65.9 Å². The van der Waals surface area contributed by atoms with Crippen LogP contribution >= 0.6 is 0 Å². The number of ether oxygens (including phenoxy) is 2. The molecule has 0 radical (unpaired) electrons. The summed E-state index contributed by atoms with van der Waals surface area (Å²) in [5.74, 6) is -0.790. The Kier molecular flexibility index (Phi) is 7.78. The van der Waals surface area contributed by atoms with Crippen molar-refractivity contribution in [1.29, 1.82) is 5.26 Å². The summed E-state index contributed by atoms with van der Waals surface area (Å²) in [5, 5.41) is 23.3. The van der Waals surface area contributed by atoms with Crippen LogP contribution in [0.1, 0.15) is 32.8 Å². The second kappa shape index (κ2) is 10.9. The highest BCUT2D eigenvalue weighted by molar-refractivity contribution is 5.94. The molecule has 13 heteroatoms. The summed E-state index contributed by atoms with van der Waals surface area (Å²) in [6.45, 7) is 5.85. The molecule has 3 N–H and O–H groups in total. The van der Waals surface area contributed by atoms with Crippen molar-refractivity contribution in [3.05, 3.63) is 35.4 Å². The van der Waals surface area contributed by atoms with Crippen LogP contribution in [0.5, 0.6) is 0 Å². The van der Waals surface area contributed by atoms with Gasteiger partial charge in [-0.1, -0.05) is 0 Å². The van der Waals surface area contributed by atoms with E-state index in [2.05, 4.69) is 26.0 Å². The molecule has 0 spiro atoms. The van der Waals surface area contributed by atoms with Crippen LogP contribution < -0.4 is 20.9 Å². The Labute approximate surface area is 225 Å². The van der Waals surface area contributed by atoms with E-state index in [-0.39, 0.29) is 23.8 Å². The average molecular weight is 543 g/mol. The van der Waals surface area contributed by atoms with Crippen molar-refractivity contribution in [3.63, 3.8) is 0 Å². The first kappa shape index (κ1) is 27.8. The predicted octanol–water partition coefficient (Wildman–Crippen LogP) is 4.02. The third-order valence-corrected chi connectivity index (χ3v) is 6.04. The monoisotopic (exact) mass is 542 g/mol. The number of halogens is 2. The number of anilines is 4. The molecule has 0 aliphatic carbocycles. The fourth-order valence-corrected chi connectivity index (χ4v) is 4.34. The number of alkyl carbamates (subject to hydrolysis) is 1. The number of pyridine rings is 1. The minimum Gasteiger partial charge on any atom is -0.444 e. The molecule has 39 heavy (non-hydrogen) atoms. The van der Waals surface area contributed by atoms with E-state index in [1.807, 2.05) is 6.07 Å². The van der Waals surface area contributed by atoms with Gasteiger partial charge in [0.05, 0.1) is 24.3 Å². The molecule has 11 nitrogen and oxygen atoms in total. The first-order chi connectivity index (χ1) is 18.4. The molecule has 2 aromatic heterocycles. The smallest absolute Gasteiger partial charge is 0.408 e. The third-order valence-electron chi connectivity index (χ3n) is 6.04. The lowest BCUT2D eigenvalue weighted by molar-refractivity contribution is 0.0317. The van der Waals surface area contributed by atoms with Gasteiger partial charge >= 0.3 is 6.09 Å². The number of hydrogen-bond acceptors (Lipinski definition) is 9. The summed E-state index contributed by atoms with van der Waals surface area (Å²) < 4.78 is 42.3. The molecule has 0 unspecified atom stereocenters. The van der Waals surface area contributed by atoms with E-state index in [1.165, 1.54) is 10.7 Å². The molecule has 3 heterocycles. The molecule has 1 aliphatic heterocycles. The van der Waals surface area contributed by atoms with Crippen LogP contribution in [0.25, 0.3) is 10.9 Å². The van der Waals surface area contributed by atoms with Gasteiger partial charge in [-0.05, 0) is 45.4 Å². The van der Waals surface area contributed by atoms with E-state index in [0.29, 0.717) is 35.4 Å². The Bertz CT molecular complexity index is 1430. The number of carbonyl (C=O) groups is 1. The van der Waals surface area contributed by atoms with Gasteiger partial charge in [-0.3, -0.25) is 4.68 Å². The van der Waals surface area contributed by atoms with Crippen molar-refractivity contribution in [2.24, 2.45) is 7.05 Å². The van der Waals surface area contributed by atoms with Gasteiger partial charge in [-0.2, -0.15) is 10.4 Å². The van der Waals surface area contributed by atoms with Crippen molar-refractivity contribution in [2.75, 3.05) is 42.8 Å². The first-order valence-corrected chi connectivity index (χ1v) is 12.4. The van der Waals surface area contributed by atoms with Gasteiger partial charge in [0.15, 0.2) is 29.1 Å². The van der Waals surface area contributed by atoms with E-state index in [9.17, 15) is 10.1 Å². The van der Waals surface area contributed by atoms with Crippen LogP contribution in [0.4, 0.5) is 36.7 Å². The minimum atomic E-state index is -0.747. The normalized spacial score (nSPS) is 17.4. The average Bonchev–Trinajstić information content (AvgIpc) is 3.18. The van der Waals surface area contributed by atoms with Gasteiger partial charge < -0.3 is 30.3 Å². The summed E-state index contributed by atoms with van der Waals surface area (Å²) in [4.78, 5) is 18.4. The summed E-state index contributed by atoms with van der Waals surface area (Å²) >= 11 is 0. The van der Waals surface area contributed by atoms with Crippen molar-refractivity contribution in [2.45, 2.75) is 44.9 Å². The van der Waals surface area contributed by atoms with Crippen LogP contribution in [0.15, 0.2) is 18.2 Å². The Hall–Kier alpha value is -4.18. The topological polar surface area (TPSA) is 129 Å². The molecule has 0 bridgehead atoms. The molecular formula is C26H32F2N8O3. The second-order valence-corrected chi connectivity index (χ2v) is 10.5. The summed E-state index contributed by atoms with van der Waals surface area (Å²) in [6.07, 6.45) is -0.161. The maximum atomic E-state index is 15.0.